The number of rotatable bonds is 7. The normalized spacial score (nSPS) is 19.2. The molecule has 106 valence electrons. The fourth-order valence-corrected chi connectivity index (χ4v) is 2.77. The van der Waals surface area contributed by atoms with Crippen molar-refractivity contribution in [3.8, 4) is 5.75 Å². The molecule has 2 nitrogen and oxygen atoms in total. The Morgan fingerprint density at radius 1 is 1.37 bits per heavy atom. The van der Waals surface area contributed by atoms with Crippen LogP contribution in [0.3, 0.4) is 0 Å². The summed E-state index contributed by atoms with van der Waals surface area (Å²) in [4.78, 5) is 0. The summed E-state index contributed by atoms with van der Waals surface area (Å²) in [5, 5.41) is 9.78. The van der Waals surface area contributed by atoms with E-state index in [1.54, 1.807) is 0 Å². The predicted molar refractivity (Wildman–Crippen MR) is 78.5 cm³/mol. The maximum Gasteiger partial charge on any atom is 0.119 e. The number of aryl methyl sites for hydroxylation is 1. The molecule has 2 rings (SSSR count). The molecule has 0 aliphatic heterocycles. The summed E-state index contributed by atoms with van der Waals surface area (Å²) in [6, 6.07) is 6.13. The summed E-state index contributed by atoms with van der Waals surface area (Å²) in [5.74, 6) is 1.63. The molecule has 0 fully saturated rings. The number of unbranched alkanes of at least 4 members (excludes halogenated alkanes) is 1. The molecule has 19 heavy (non-hydrogen) atoms. The molecular formula is C17H26O2. The van der Waals surface area contributed by atoms with E-state index in [4.69, 9.17) is 4.74 Å². The highest BCUT2D eigenvalue weighted by Gasteiger charge is 2.20. The van der Waals surface area contributed by atoms with E-state index in [1.807, 2.05) is 12.1 Å². The van der Waals surface area contributed by atoms with Gasteiger partial charge in [0.2, 0.25) is 0 Å². The molecule has 1 aromatic rings. The van der Waals surface area contributed by atoms with Crippen LogP contribution in [0.25, 0.3) is 0 Å². The first kappa shape index (κ1) is 14.4. The Hall–Kier alpha value is -1.02. The molecule has 1 aliphatic carbocycles. The summed E-state index contributed by atoms with van der Waals surface area (Å²) in [6.45, 7) is 5.29. The maximum absolute atomic E-state index is 9.78. The van der Waals surface area contributed by atoms with Crippen molar-refractivity contribution in [2.24, 2.45) is 5.92 Å². The third kappa shape index (κ3) is 3.73. The van der Waals surface area contributed by atoms with Gasteiger partial charge in [-0.15, -0.1) is 0 Å². The molecule has 1 aliphatic rings. The van der Waals surface area contributed by atoms with Crippen LogP contribution in [-0.4, -0.2) is 11.7 Å². The van der Waals surface area contributed by atoms with E-state index < -0.39 is 0 Å². The molecule has 0 amide bonds. The third-order valence-electron chi connectivity index (χ3n) is 4.19. The fraction of sp³-hybridized carbons (Fsp3) is 0.647. The van der Waals surface area contributed by atoms with E-state index in [1.165, 1.54) is 31.2 Å². The van der Waals surface area contributed by atoms with E-state index in [9.17, 15) is 5.11 Å². The molecule has 2 heteroatoms. The van der Waals surface area contributed by atoms with Crippen LogP contribution in [-0.2, 0) is 6.42 Å². The minimum absolute atomic E-state index is 0.267. The highest BCUT2D eigenvalue weighted by molar-refractivity contribution is 5.39. The Morgan fingerprint density at radius 3 is 2.95 bits per heavy atom. The minimum atomic E-state index is -0.267. The summed E-state index contributed by atoms with van der Waals surface area (Å²) in [7, 11) is 0. The number of benzene rings is 1. The van der Waals surface area contributed by atoms with Crippen LogP contribution in [0.5, 0.6) is 5.75 Å². The van der Waals surface area contributed by atoms with E-state index in [-0.39, 0.29) is 6.10 Å². The van der Waals surface area contributed by atoms with E-state index in [2.05, 4.69) is 19.9 Å². The Morgan fingerprint density at radius 2 is 2.21 bits per heavy atom. The topological polar surface area (TPSA) is 29.5 Å². The Bertz CT molecular complexity index is 400. The van der Waals surface area contributed by atoms with Crippen LogP contribution in [0, 0.1) is 5.92 Å². The molecular weight excluding hydrogens is 236 g/mol. The molecule has 0 heterocycles. The molecule has 0 saturated carbocycles. The number of fused-ring (bicyclic) bond motifs is 1. The maximum atomic E-state index is 9.78. The molecule has 1 N–H and O–H groups in total. The van der Waals surface area contributed by atoms with Gasteiger partial charge in [0.25, 0.3) is 0 Å². The lowest BCUT2D eigenvalue weighted by Gasteiger charge is -2.16. The standard InChI is InChI=1S/C17H26O2/c1-3-5-6-13(4-2)12-19-15-8-9-16-14(11-15)7-10-17(16)18/h8-9,11,13,17-18H,3-7,10,12H2,1-2H3/t13?,17-/m1/s1. The number of hydrogen-bond acceptors (Lipinski definition) is 2. The quantitative estimate of drug-likeness (QED) is 0.795. The Balaban J connectivity index is 1.89. The van der Waals surface area contributed by atoms with Gasteiger partial charge in [0, 0.05) is 0 Å². The molecule has 2 atom stereocenters. The van der Waals surface area contributed by atoms with E-state index in [0.717, 1.165) is 30.8 Å². The van der Waals surface area contributed by atoms with Crippen LogP contribution in [0.1, 0.15) is 63.2 Å². The van der Waals surface area contributed by atoms with E-state index >= 15 is 0 Å². The molecule has 1 aromatic carbocycles. The predicted octanol–water partition coefficient (Wildman–Crippen LogP) is 4.26. The Kier molecular flexibility index (Phi) is 5.26. The van der Waals surface area contributed by atoms with Crippen LogP contribution in [0.2, 0.25) is 0 Å². The highest BCUT2D eigenvalue weighted by atomic mass is 16.5. The monoisotopic (exact) mass is 262 g/mol. The second-order valence-electron chi connectivity index (χ2n) is 5.64. The number of ether oxygens (including phenoxy) is 1. The van der Waals surface area contributed by atoms with Crippen LogP contribution in [0.4, 0.5) is 0 Å². The van der Waals surface area contributed by atoms with Crippen LogP contribution >= 0.6 is 0 Å². The lowest BCUT2D eigenvalue weighted by Crippen LogP contribution is -2.11. The molecule has 0 saturated heterocycles. The van der Waals surface area contributed by atoms with Crippen molar-refractivity contribution in [3.63, 3.8) is 0 Å². The minimum Gasteiger partial charge on any atom is -0.493 e. The first-order valence-corrected chi connectivity index (χ1v) is 7.68. The molecule has 0 aromatic heterocycles. The average molecular weight is 262 g/mol. The lowest BCUT2D eigenvalue weighted by molar-refractivity contribution is 0.180. The zero-order chi connectivity index (χ0) is 13.7. The lowest BCUT2D eigenvalue weighted by atomic mass is 10.0. The molecule has 0 bridgehead atoms. The third-order valence-corrected chi connectivity index (χ3v) is 4.19. The zero-order valence-electron chi connectivity index (χ0n) is 12.2. The van der Waals surface area contributed by atoms with Gasteiger partial charge in [0.15, 0.2) is 0 Å². The van der Waals surface area contributed by atoms with E-state index in [0.29, 0.717) is 5.92 Å². The van der Waals surface area contributed by atoms with Gasteiger partial charge in [0.05, 0.1) is 12.7 Å². The highest BCUT2D eigenvalue weighted by Crippen LogP contribution is 2.33. The molecule has 1 unspecified atom stereocenters. The van der Waals surface area contributed by atoms with Crippen molar-refractivity contribution in [2.75, 3.05) is 6.61 Å². The summed E-state index contributed by atoms with van der Waals surface area (Å²) >= 11 is 0. The first-order chi connectivity index (χ1) is 9.24. The van der Waals surface area contributed by atoms with Crippen molar-refractivity contribution in [2.45, 2.75) is 58.5 Å². The van der Waals surface area contributed by atoms with Gasteiger partial charge in [0.1, 0.15) is 5.75 Å². The second-order valence-corrected chi connectivity index (χ2v) is 5.64. The van der Waals surface area contributed by atoms with Crippen molar-refractivity contribution >= 4 is 0 Å². The average Bonchev–Trinajstić information content (AvgIpc) is 2.80. The zero-order valence-corrected chi connectivity index (χ0v) is 12.2. The van der Waals surface area contributed by atoms with Gasteiger partial charge in [-0.05, 0) is 48.4 Å². The molecule has 0 spiro atoms. The largest absolute Gasteiger partial charge is 0.493 e. The van der Waals surface area contributed by atoms with Gasteiger partial charge in [-0.1, -0.05) is 39.2 Å². The van der Waals surface area contributed by atoms with Gasteiger partial charge < -0.3 is 9.84 Å². The smallest absolute Gasteiger partial charge is 0.119 e. The SMILES string of the molecule is CCCCC(CC)COc1ccc2c(c1)CC[C@H]2O. The number of aliphatic hydroxyl groups excluding tert-OH is 1. The van der Waals surface area contributed by atoms with Gasteiger partial charge in [-0.3, -0.25) is 0 Å². The van der Waals surface area contributed by atoms with Gasteiger partial charge in [-0.25, -0.2) is 0 Å². The first-order valence-electron chi connectivity index (χ1n) is 7.68. The van der Waals surface area contributed by atoms with Crippen molar-refractivity contribution in [1.29, 1.82) is 0 Å². The van der Waals surface area contributed by atoms with Gasteiger partial charge in [-0.2, -0.15) is 0 Å². The summed E-state index contributed by atoms with van der Waals surface area (Å²) < 4.78 is 5.93. The molecule has 0 radical (unpaired) electrons. The van der Waals surface area contributed by atoms with Crippen molar-refractivity contribution in [3.05, 3.63) is 29.3 Å². The van der Waals surface area contributed by atoms with Crippen molar-refractivity contribution in [1.82, 2.24) is 0 Å². The second kappa shape index (κ2) is 6.95. The number of hydrogen-bond donors (Lipinski definition) is 1. The van der Waals surface area contributed by atoms with Crippen LogP contribution in [0.15, 0.2) is 18.2 Å². The van der Waals surface area contributed by atoms with Crippen LogP contribution < -0.4 is 4.74 Å². The van der Waals surface area contributed by atoms with Gasteiger partial charge >= 0.3 is 0 Å². The number of aliphatic hydroxyl groups is 1. The Labute approximate surface area is 116 Å². The summed E-state index contributed by atoms with van der Waals surface area (Å²) in [5.41, 5.74) is 2.34. The van der Waals surface area contributed by atoms with Crippen molar-refractivity contribution < 1.29 is 9.84 Å². The summed E-state index contributed by atoms with van der Waals surface area (Å²) in [6.07, 6.45) is 6.55. The fourth-order valence-electron chi connectivity index (χ4n) is 2.77.